The second-order valence-electron chi connectivity index (χ2n) is 6.80. The second kappa shape index (κ2) is 6.53. The molecule has 2 amide bonds. The van der Waals surface area contributed by atoms with Crippen LogP contribution in [-0.4, -0.2) is 79.9 Å². The highest BCUT2D eigenvalue weighted by Gasteiger charge is 2.48. The van der Waals surface area contributed by atoms with E-state index in [9.17, 15) is 22.0 Å². The molecule has 0 bridgehead atoms. The predicted molar refractivity (Wildman–Crippen MR) is 88.8 cm³/mol. The van der Waals surface area contributed by atoms with Crippen LogP contribution < -0.4 is 0 Å². The van der Waals surface area contributed by atoms with Gasteiger partial charge in [-0.3, -0.25) is 4.90 Å². The molecule has 2 atom stereocenters. The van der Waals surface area contributed by atoms with E-state index in [-0.39, 0.29) is 23.6 Å². The van der Waals surface area contributed by atoms with Gasteiger partial charge < -0.3 is 9.80 Å². The number of hydrogen-bond acceptors (Lipinski definition) is 4. The molecule has 2 aliphatic rings. The van der Waals surface area contributed by atoms with Gasteiger partial charge in [-0.05, 0) is 17.7 Å². The lowest BCUT2D eigenvalue weighted by Gasteiger charge is -2.44. The van der Waals surface area contributed by atoms with E-state index in [1.165, 1.54) is 11.0 Å². The van der Waals surface area contributed by atoms with E-state index in [2.05, 4.69) is 0 Å². The van der Waals surface area contributed by atoms with Crippen molar-refractivity contribution >= 4 is 15.9 Å². The van der Waals surface area contributed by atoms with Gasteiger partial charge in [-0.15, -0.1) is 0 Å². The summed E-state index contributed by atoms with van der Waals surface area (Å²) < 4.78 is 50.8. The average Bonchev–Trinajstić information content (AvgIpc) is 2.86. The number of amides is 2. The van der Waals surface area contributed by atoms with Crippen LogP contribution in [0.2, 0.25) is 0 Å². The van der Waals surface area contributed by atoms with Crippen LogP contribution in [0.4, 0.5) is 13.6 Å². The van der Waals surface area contributed by atoms with Crippen molar-refractivity contribution in [1.29, 1.82) is 0 Å². The van der Waals surface area contributed by atoms with E-state index < -0.39 is 27.5 Å². The topological polar surface area (TPSA) is 60.9 Å². The number of carbonyl (C=O) groups excluding carboxylic acids is 1. The molecule has 0 unspecified atom stereocenters. The molecular weight excluding hydrogens is 352 g/mol. The number of halogens is 2. The molecule has 1 aromatic rings. The first-order chi connectivity index (χ1) is 11.7. The fourth-order valence-electron chi connectivity index (χ4n) is 3.59. The zero-order valence-corrected chi connectivity index (χ0v) is 15.0. The zero-order valence-electron chi connectivity index (χ0n) is 14.2. The monoisotopic (exact) mass is 373 g/mol. The van der Waals surface area contributed by atoms with Crippen molar-refractivity contribution in [3.63, 3.8) is 0 Å². The molecule has 25 heavy (non-hydrogen) atoms. The van der Waals surface area contributed by atoms with Gasteiger partial charge in [-0.1, -0.05) is 6.07 Å². The molecule has 0 aromatic heterocycles. The highest BCUT2D eigenvalue weighted by atomic mass is 32.2. The van der Waals surface area contributed by atoms with Gasteiger partial charge in [0.1, 0.15) is 0 Å². The number of rotatable bonds is 2. The van der Waals surface area contributed by atoms with Gasteiger partial charge >= 0.3 is 6.03 Å². The summed E-state index contributed by atoms with van der Waals surface area (Å²) in [6, 6.07) is 2.73. The minimum atomic E-state index is -3.25. The maximum atomic E-state index is 13.4. The third kappa shape index (κ3) is 3.62. The number of carbonyl (C=O) groups is 1. The largest absolute Gasteiger partial charge is 0.331 e. The van der Waals surface area contributed by atoms with Gasteiger partial charge in [0.05, 0.1) is 17.5 Å². The summed E-state index contributed by atoms with van der Waals surface area (Å²) in [5.74, 6) is -1.93. The smallest absolute Gasteiger partial charge is 0.319 e. The van der Waals surface area contributed by atoms with Crippen LogP contribution in [0.15, 0.2) is 18.2 Å². The number of nitrogens with zero attached hydrogens (tertiary/aromatic N) is 3. The molecule has 2 aliphatic heterocycles. The summed E-state index contributed by atoms with van der Waals surface area (Å²) in [6.45, 7) is 1.20. The first-order valence-electron chi connectivity index (χ1n) is 8.04. The van der Waals surface area contributed by atoms with Crippen LogP contribution in [0.25, 0.3) is 0 Å². The quantitative estimate of drug-likeness (QED) is 0.774. The fraction of sp³-hybridized carbons (Fsp3) is 0.562. The highest BCUT2D eigenvalue weighted by Crippen LogP contribution is 2.29. The number of sulfone groups is 1. The molecule has 3 rings (SSSR count). The lowest BCUT2D eigenvalue weighted by molar-refractivity contribution is 0.0520. The lowest BCUT2D eigenvalue weighted by Crippen LogP contribution is -2.61. The van der Waals surface area contributed by atoms with Gasteiger partial charge in [0.25, 0.3) is 0 Å². The van der Waals surface area contributed by atoms with Crippen molar-refractivity contribution in [3.05, 3.63) is 35.4 Å². The summed E-state index contributed by atoms with van der Waals surface area (Å²) in [5.41, 5.74) is 0.578. The molecule has 6 nitrogen and oxygen atoms in total. The van der Waals surface area contributed by atoms with E-state index in [1.54, 1.807) is 19.0 Å². The number of piperazine rings is 1. The van der Waals surface area contributed by atoms with Crippen LogP contribution in [-0.2, 0) is 16.4 Å². The van der Waals surface area contributed by atoms with Crippen LogP contribution in [0.1, 0.15) is 5.56 Å². The van der Waals surface area contributed by atoms with Gasteiger partial charge in [0.2, 0.25) is 0 Å². The lowest BCUT2D eigenvalue weighted by atomic mass is 10.0. The molecule has 9 heteroatoms. The Kier molecular flexibility index (Phi) is 4.72. The van der Waals surface area contributed by atoms with Crippen molar-refractivity contribution in [2.75, 3.05) is 38.7 Å². The van der Waals surface area contributed by atoms with Crippen molar-refractivity contribution < 1.29 is 22.0 Å². The number of fused-ring (bicyclic) bond motifs is 1. The van der Waals surface area contributed by atoms with E-state index in [0.717, 1.165) is 12.1 Å². The summed E-state index contributed by atoms with van der Waals surface area (Å²) in [5, 5.41) is 0. The van der Waals surface area contributed by atoms with Crippen molar-refractivity contribution in [2.45, 2.75) is 18.6 Å². The van der Waals surface area contributed by atoms with Crippen molar-refractivity contribution in [3.8, 4) is 0 Å². The Morgan fingerprint density at radius 1 is 1.16 bits per heavy atom. The SMILES string of the molecule is CN(C)C(=O)N1CCN(Cc2ccc(F)c(F)c2)[C@H]2CS(=O)(=O)C[C@H]21. The Morgan fingerprint density at radius 3 is 2.48 bits per heavy atom. The predicted octanol–water partition coefficient (Wildman–Crippen LogP) is 0.930. The first-order valence-corrected chi connectivity index (χ1v) is 9.86. The Hall–Kier alpha value is -1.74. The fourth-order valence-corrected chi connectivity index (χ4v) is 5.60. The molecule has 1 aromatic carbocycles. The summed E-state index contributed by atoms with van der Waals surface area (Å²) in [7, 11) is 0.0176. The zero-order chi connectivity index (χ0) is 18.4. The molecule has 0 saturated carbocycles. The Labute approximate surface area is 145 Å². The molecule has 0 aliphatic carbocycles. The van der Waals surface area contributed by atoms with Crippen LogP contribution in [0.5, 0.6) is 0 Å². The molecular formula is C16H21F2N3O3S. The van der Waals surface area contributed by atoms with E-state index in [0.29, 0.717) is 25.2 Å². The maximum Gasteiger partial charge on any atom is 0.319 e. The Morgan fingerprint density at radius 2 is 1.84 bits per heavy atom. The van der Waals surface area contributed by atoms with Gasteiger partial charge in [0.15, 0.2) is 21.5 Å². The molecule has 2 saturated heterocycles. The second-order valence-corrected chi connectivity index (χ2v) is 8.95. The molecule has 0 N–H and O–H groups in total. The average molecular weight is 373 g/mol. The summed E-state index contributed by atoms with van der Waals surface area (Å²) >= 11 is 0. The number of urea groups is 1. The normalized spacial score (nSPS) is 25.7. The third-order valence-corrected chi connectivity index (χ3v) is 6.49. The molecule has 0 spiro atoms. The van der Waals surface area contributed by atoms with Crippen molar-refractivity contribution in [2.24, 2.45) is 0 Å². The van der Waals surface area contributed by atoms with Crippen LogP contribution in [0, 0.1) is 11.6 Å². The molecule has 2 fully saturated rings. The first kappa shape index (κ1) is 18.1. The number of hydrogen-bond donors (Lipinski definition) is 0. The number of benzene rings is 1. The maximum absolute atomic E-state index is 13.4. The highest BCUT2D eigenvalue weighted by molar-refractivity contribution is 7.91. The van der Waals surface area contributed by atoms with Gasteiger partial charge in [-0.2, -0.15) is 0 Å². The van der Waals surface area contributed by atoms with Crippen LogP contribution >= 0.6 is 0 Å². The van der Waals surface area contributed by atoms with Crippen molar-refractivity contribution in [1.82, 2.24) is 14.7 Å². The minimum Gasteiger partial charge on any atom is -0.331 e. The Bertz CT molecular complexity index is 785. The standard InChI is InChI=1S/C16H21F2N3O3S/c1-19(2)16(22)21-6-5-20(14-9-25(23,24)10-15(14)21)8-11-3-4-12(17)13(18)7-11/h3-4,7,14-15H,5-6,8-10H2,1-2H3/t14-,15+/m0/s1. The van der Waals surface area contributed by atoms with Crippen LogP contribution in [0.3, 0.4) is 0 Å². The molecule has 0 radical (unpaired) electrons. The van der Waals surface area contributed by atoms with E-state index in [4.69, 9.17) is 0 Å². The Balaban J connectivity index is 1.83. The van der Waals surface area contributed by atoms with E-state index >= 15 is 0 Å². The van der Waals surface area contributed by atoms with E-state index in [1.807, 2.05) is 4.90 Å². The van der Waals surface area contributed by atoms with Gasteiger partial charge in [-0.25, -0.2) is 22.0 Å². The summed E-state index contributed by atoms with van der Waals surface area (Å²) in [4.78, 5) is 17.3. The minimum absolute atomic E-state index is 0.0292. The summed E-state index contributed by atoms with van der Waals surface area (Å²) in [6.07, 6.45) is 0. The molecule has 2 heterocycles. The molecule has 138 valence electrons. The third-order valence-electron chi connectivity index (χ3n) is 4.79. The van der Waals surface area contributed by atoms with Gasteiger partial charge in [0, 0.05) is 39.8 Å².